The van der Waals surface area contributed by atoms with E-state index >= 15 is 0 Å². The molecule has 2 aromatic heterocycles. The molecule has 510 valence electrons. The minimum atomic E-state index is -0.177. The minimum absolute atomic E-state index is 0.0358. The fourth-order valence-electron chi connectivity index (χ4n) is 16.7. The van der Waals surface area contributed by atoms with E-state index in [1.165, 1.54) is 116 Å². The van der Waals surface area contributed by atoms with E-state index in [-0.39, 0.29) is 28.4 Å². The van der Waals surface area contributed by atoms with Crippen LogP contribution >= 0.6 is 0 Å². The lowest BCUT2D eigenvalue weighted by molar-refractivity contribution is 0.590. The molecule has 0 fully saturated rings. The minimum Gasteiger partial charge on any atom is -0.311 e. The molecule has 14 aromatic carbocycles. The van der Waals surface area contributed by atoms with Crippen LogP contribution in [0.15, 0.2) is 309 Å². The van der Waals surface area contributed by atoms with Gasteiger partial charge in [0.05, 0.1) is 22.1 Å². The molecular formula is C100H87BN4. The smallest absolute Gasteiger partial charge is 0.252 e. The summed E-state index contributed by atoms with van der Waals surface area (Å²) in [5.74, 6) is 0. The van der Waals surface area contributed by atoms with E-state index in [4.69, 9.17) is 0 Å². The molecule has 0 radical (unpaired) electrons. The highest BCUT2D eigenvalue weighted by atomic mass is 15.2. The number of hydrogen-bond donors (Lipinski definition) is 0. The third-order valence-electron chi connectivity index (χ3n) is 22.5. The second-order valence-electron chi connectivity index (χ2n) is 33.5. The molecule has 0 N–H and O–H groups in total. The summed E-state index contributed by atoms with van der Waals surface area (Å²) in [6.45, 7) is 27.8. The fraction of sp³-hybridized carbons (Fsp3) is 0.160. The van der Waals surface area contributed by atoms with Gasteiger partial charge in [-0.2, -0.15) is 0 Å². The standard InChI is InChI=1S/C100H87BN4/c1-97(2,3)74-37-49-88-82(58-74)83-59-75(98(4,5)6)38-50-89(83)104(88)80-45-47-86-92(62-80)102(78-41-33-68(34-42-78)64-25-17-13-18-26-64)94-56-73(67-31-23-16-24-32-67)57-95-96(94)101(86)87-48-46-81(105-90-51-39-76(99(7,8)9)60-84(90)85-61-77(100(10,11)12)40-52-91(85)105)63-93(87)103(95)79-43-35-69(36-44-79)72-54-70(65-27-19-14-20-28-65)53-71(55-72)66-29-21-15-22-30-66/h13-63H,1-12H3. The van der Waals surface area contributed by atoms with Gasteiger partial charge >= 0.3 is 0 Å². The van der Waals surface area contributed by atoms with Crippen molar-refractivity contribution in [1.29, 1.82) is 0 Å². The summed E-state index contributed by atoms with van der Waals surface area (Å²) >= 11 is 0. The van der Waals surface area contributed by atoms with Crippen molar-refractivity contribution in [2.75, 3.05) is 9.80 Å². The molecule has 105 heavy (non-hydrogen) atoms. The monoisotopic (exact) mass is 1350 g/mol. The van der Waals surface area contributed by atoms with E-state index in [1.54, 1.807) is 0 Å². The Bertz CT molecular complexity index is 5890. The van der Waals surface area contributed by atoms with Gasteiger partial charge in [0, 0.05) is 67.0 Å². The lowest BCUT2D eigenvalue weighted by Crippen LogP contribution is -2.61. The second kappa shape index (κ2) is 24.5. The van der Waals surface area contributed by atoms with E-state index in [1.807, 2.05) is 0 Å². The zero-order valence-corrected chi connectivity index (χ0v) is 62.3. The van der Waals surface area contributed by atoms with Crippen molar-refractivity contribution in [3.8, 4) is 67.0 Å². The number of hydrogen-bond acceptors (Lipinski definition) is 2. The Morgan fingerprint density at radius 1 is 0.210 bits per heavy atom. The molecule has 0 amide bonds. The molecule has 16 aromatic rings. The normalized spacial score (nSPS) is 13.1. The van der Waals surface area contributed by atoms with Gasteiger partial charge in [-0.25, -0.2) is 0 Å². The molecule has 2 aliphatic heterocycles. The van der Waals surface area contributed by atoms with Gasteiger partial charge in [-0.1, -0.05) is 265 Å². The predicted molar refractivity (Wildman–Crippen MR) is 451 cm³/mol. The number of anilines is 6. The predicted octanol–water partition coefficient (Wildman–Crippen LogP) is 25.5. The first-order chi connectivity index (χ1) is 50.6. The molecule has 0 aliphatic carbocycles. The van der Waals surface area contributed by atoms with Crippen LogP contribution in [0.3, 0.4) is 0 Å². The van der Waals surface area contributed by atoms with E-state index in [0.29, 0.717) is 0 Å². The van der Waals surface area contributed by atoms with Gasteiger partial charge in [0.2, 0.25) is 0 Å². The van der Waals surface area contributed by atoms with Crippen LogP contribution in [-0.4, -0.2) is 15.8 Å². The van der Waals surface area contributed by atoms with Gasteiger partial charge in [-0.15, -0.1) is 0 Å². The molecule has 0 spiro atoms. The van der Waals surface area contributed by atoms with Crippen molar-refractivity contribution in [2.24, 2.45) is 0 Å². The zero-order valence-electron chi connectivity index (χ0n) is 62.3. The number of benzene rings is 14. The Balaban J connectivity index is 0.913. The lowest BCUT2D eigenvalue weighted by Gasteiger charge is -2.44. The first-order valence-corrected chi connectivity index (χ1v) is 37.4. The molecule has 0 saturated heterocycles. The molecule has 0 saturated carbocycles. The summed E-state index contributed by atoms with van der Waals surface area (Å²) in [4.78, 5) is 5.20. The Hall–Kier alpha value is -11.7. The van der Waals surface area contributed by atoms with Crippen LogP contribution in [0.2, 0.25) is 0 Å². The Morgan fingerprint density at radius 2 is 0.467 bits per heavy atom. The van der Waals surface area contributed by atoms with Crippen molar-refractivity contribution in [1.82, 2.24) is 9.13 Å². The van der Waals surface area contributed by atoms with Gasteiger partial charge in [-0.05, 0) is 243 Å². The molecule has 2 aliphatic rings. The highest BCUT2D eigenvalue weighted by Crippen LogP contribution is 2.50. The number of fused-ring (bicyclic) bond motifs is 10. The van der Waals surface area contributed by atoms with Gasteiger partial charge in [0.15, 0.2) is 0 Å². The number of rotatable bonds is 9. The van der Waals surface area contributed by atoms with Crippen LogP contribution < -0.4 is 26.2 Å². The molecule has 4 nitrogen and oxygen atoms in total. The maximum atomic E-state index is 2.61. The summed E-state index contributed by atoms with van der Waals surface area (Å²) < 4.78 is 5.08. The summed E-state index contributed by atoms with van der Waals surface area (Å²) in [5, 5.41) is 5.08. The second-order valence-corrected chi connectivity index (χ2v) is 33.5. The van der Waals surface area contributed by atoms with Crippen LogP contribution in [-0.2, 0) is 21.7 Å². The van der Waals surface area contributed by atoms with Gasteiger partial charge < -0.3 is 18.9 Å². The first kappa shape index (κ1) is 65.4. The van der Waals surface area contributed by atoms with Crippen molar-refractivity contribution in [3.63, 3.8) is 0 Å². The third-order valence-corrected chi connectivity index (χ3v) is 22.5. The summed E-state index contributed by atoms with van der Waals surface area (Å²) in [6.07, 6.45) is 0. The number of aromatic nitrogens is 2. The van der Waals surface area contributed by atoms with Crippen molar-refractivity contribution in [2.45, 2.75) is 105 Å². The van der Waals surface area contributed by atoms with Gasteiger partial charge in [0.25, 0.3) is 6.71 Å². The fourth-order valence-corrected chi connectivity index (χ4v) is 16.7. The van der Waals surface area contributed by atoms with Crippen molar-refractivity contribution in [3.05, 3.63) is 332 Å². The third kappa shape index (κ3) is 11.3. The van der Waals surface area contributed by atoms with Gasteiger partial charge in [0.1, 0.15) is 0 Å². The van der Waals surface area contributed by atoms with Crippen LogP contribution in [0.5, 0.6) is 0 Å². The van der Waals surface area contributed by atoms with E-state index in [0.717, 1.165) is 67.8 Å². The van der Waals surface area contributed by atoms with E-state index in [9.17, 15) is 0 Å². The Kier molecular flexibility index (Phi) is 15.3. The van der Waals surface area contributed by atoms with E-state index < -0.39 is 0 Å². The lowest BCUT2D eigenvalue weighted by atomic mass is 9.33. The van der Waals surface area contributed by atoms with Crippen LogP contribution in [0.4, 0.5) is 34.1 Å². The highest BCUT2D eigenvalue weighted by Gasteiger charge is 2.44. The average molecular weight is 1360 g/mol. The SMILES string of the molecule is CC(C)(C)c1ccc2c(c1)c1cc(C(C)(C)C)ccc1n2-c1ccc2c(c1)N(c1ccc(-c3ccccc3)cc1)c1cc(-c3ccccc3)cc3c1B2c1ccc(-n2c4ccc(C(C)(C)C)cc4c4cc(C(C)(C)C)ccc42)cc1N3c1ccc(-c2cc(-c3ccccc3)cc(-c3ccccc3)c2)cc1. The largest absolute Gasteiger partial charge is 0.311 e. The van der Waals surface area contributed by atoms with Crippen LogP contribution in [0.25, 0.3) is 111 Å². The molecule has 4 heterocycles. The maximum Gasteiger partial charge on any atom is 0.252 e. The number of nitrogens with zero attached hydrogens (tertiary/aromatic N) is 4. The topological polar surface area (TPSA) is 16.3 Å². The van der Waals surface area contributed by atoms with Crippen molar-refractivity contribution < 1.29 is 0 Å². The molecule has 5 heteroatoms. The Labute approximate surface area is 619 Å². The molecule has 18 rings (SSSR count). The van der Waals surface area contributed by atoms with Crippen LogP contribution in [0, 0.1) is 0 Å². The molecular weight excluding hydrogens is 1270 g/mol. The van der Waals surface area contributed by atoms with Crippen LogP contribution in [0.1, 0.15) is 105 Å². The first-order valence-electron chi connectivity index (χ1n) is 37.4. The molecule has 0 unspecified atom stereocenters. The summed E-state index contributed by atoms with van der Waals surface area (Å²) in [5.41, 5.74) is 34.3. The molecule has 0 bridgehead atoms. The Morgan fingerprint density at radius 3 is 0.762 bits per heavy atom. The summed E-state index contributed by atoms with van der Waals surface area (Å²) in [7, 11) is 0. The molecule has 0 atom stereocenters. The maximum absolute atomic E-state index is 2.61. The van der Waals surface area contributed by atoms with Gasteiger partial charge in [-0.3, -0.25) is 0 Å². The highest BCUT2D eigenvalue weighted by molar-refractivity contribution is 7.00. The van der Waals surface area contributed by atoms with E-state index in [2.05, 4.69) is 411 Å². The zero-order chi connectivity index (χ0) is 72.0. The van der Waals surface area contributed by atoms with Crippen molar-refractivity contribution >= 4 is 101 Å². The average Bonchev–Trinajstić information content (AvgIpc) is 0.827. The quantitative estimate of drug-likeness (QED) is 0.134. The summed E-state index contributed by atoms with van der Waals surface area (Å²) in [6, 6.07) is 118.